The van der Waals surface area contributed by atoms with Crippen LogP contribution in [0.25, 0.3) is 0 Å². The van der Waals surface area contributed by atoms with E-state index in [9.17, 15) is 4.79 Å². The number of carbonyl (C=O) groups is 1. The number of amides is 1. The molecule has 0 saturated heterocycles. The predicted molar refractivity (Wildman–Crippen MR) is 61.9 cm³/mol. The molecule has 0 aliphatic rings. The zero-order chi connectivity index (χ0) is 12.0. The molecule has 0 bridgehead atoms. The number of aryl methyl sites for hydroxylation is 1. The van der Waals surface area contributed by atoms with Gasteiger partial charge in [0.2, 0.25) is 0 Å². The van der Waals surface area contributed by atoms with Crippen LogP contribution < -0.4 is 5.32 Å². The molecule has 4 nitrogen and oxygen atoms in total. The highest BCUT2D eigenvalue weighted by atomic mass is 35.5. The van der Waals surface area contributed by atoms with Crippen LogP contribution in [0.5, 0.6) is 0 Å². The van der Waals surface area contributed by atoms with Crippen molar-refractivity contribution in [1.29, 1.82) is 0 Å². The highest BCUT2D eigenvalue weighted by Gasteiger charge is 2.15. The van der Waals surface area contributed by atoms with E-state index in [-0.39, 0.29) is 11.9 Å². The number of ether oxygens (including phenoxy) is 1. The molecule has 1 N–H and O–H groups in total. The summed E-state index contributed by atoms with van der Waals surface area (Å²) in [4.78, 5) is 11.7. The topological polar surface area (TPSA) is 51.5 Å². The molecule has 0 saturated carbocycles. The van der Waals surface area contributed by atoms with Crippen LogP contribution in [0, 0.1) is 6.92 Å². The lowest BCUT2D eigenvalue weighted by molar-refractivity contribution is 0.0866. The first-order chi connectivity index (χ1) is 7.67. The van der Waals surface area contributed by atoms with Gasteiger partial charge in [0.05, 0.1) is 12.6 Å². The van der Waals surface area contributed by atoms with E-state index in [1.807, 2.05) is 0 Å². The van der Waals surface area contributed by atoms with Crippen molar-refractivity contribution >= 4 is 17.5 Å². The molecule has 0 fully saturated rings. The second-order valence-electron chi connectivity index (χ2n) is 3.51. The predicted octanol–water partition coefficient (Wildman–Crippen LogP) is 1.96. The Morgan fingerprint density at radius 2 is 2.38 bits per heavy atom. The second kappa shape index (κ2) is 6.55. The van der Waals surface area contributed by atoms with Crippen molar-refractivity contribution in [2.75, 3.05) is 19.6 Å². The summed E-state index contributed by atoms with van der Waals surface area (Å²) in [7, 11) is 1.59. The number of hydrogen-bond acceptors (Lipinski definition) is 3. The number of methoxy groups -OCH3 is 1. The van der Waals surface area contributed by atoms with Gasteiger partial charge < -0.3 is 14.5 Å². The van der Waals surface area contributed by atoms with Crippen LogP contribution in [0.15, 0.2) is 16.5 Å². The Hall–Kier alpha value is -1.00. The van der Waals surface area contributed by atoms with Gasteiger partial charge in [-0.1, -0.05) is 0 Å². The van der Waals surface area contributed by atoms with E-state index >= 15 is 0 Å². The molecule has 1 amide bonds. The SMILES string of the molecule is COCC(CCCl)NC(=O)c1ccc(C)o1. The number of nitrogens with one attached hydrogen (secondary N) is 1. The number of alkyl halides is 1. The first-order valence-electron chi connectivity index (χ1n) is 5.09. The van der Waals surface area contributed by atoms with Gasteiger partial charge in [-0.15, -0.1) is 11.6 Å². The molecule has 0 aliphatic carbocycles. The number of hydrogen-bond donors (Lipinski definition) is 1. The summed E-state index contributed by atoms with van der Waals surface area (Å²) in [6.07, 6.45) is 0.667. The molecule has 0 aromatic carbocycles. The summed E-state index contributed by atoms with van der Waals surface area (Å²) in [6.45, 7) is 2.24. The number of furan rings is 1. The second-order valence-corrected chi connectivity index (χ2v) is 3.89. The normalized spacial score (nSPS) is 12.4. The molecule has 1 rings (SSSR count). The maximum absolute atomic E-state index is 11.7. The van der Waals surface area contributed by atoms with Crippen LogP contribution in [0.4, 0.5) is 0 Å². The van der Waals surface area contributed by atoms with Crippen molar-refractivity contribution < 1.29 is 13.9 Å². The van der Waals surface area contributed by atoms with Gasteiger partial charge in [-0.05, 0) is 25.5 Å². The Morgan fingerprint density at radius 1 is 1.62 bits per heavy atom. The molecule has 1 aromatic rings. The summed E-state index contributed by atoms with van der Waals surface area (Å²) in [5.74, 6) is 1.27. The monoisotopic (exact) mass is 245 g/mol. The molecular weight excluding hydrogens is 230 g/mol. The van der Waals surface area contributed by atoms with E-state index in [0.717, 1.165) is 0 Å². The van der Waals surface area contributed by atoms with E-state index in [4.69, 9.17) is 20.8 Å². The fourth-order valence-electron chi connectivity index (χ4n) is 1.34. The number of halogens is 1. The smallest absolute Gasteiger partial charge is 0.287 e. The standard InChI is InChI=1S/C11H16ClNO3/c1-8-3-4-10(16-8)11(14)13-9(5-6-12)7-15-2/h3-4,9H,5-7H2,1-2H3,(H,13,14). The quantitative estimate of drug-likeness (QED) is 0.780. The van der Waals surface area contributed by atoms with Crippen LogP contribution in [-0.2, 0) is 4.74 Å². The molecule has 1 aromatic heterocycles. The molecule has 1 heterocycles. The largest absolute Gasteiger partial charge is 0.456 e. The minimum absolute atomic E-state index is 0.0830. The van der Waals surface area contributed by atoms with Crippen molar-refractivity contribution in [3.8, 4) is 0 Å². The molecule has 5 heteroatoms. The highest BCUT2D eigenvalue weighted by molar-refractivity contribution is 6.17. The van der Waals surface area contributed by atoms with Gasteiger partial charge in [-0.2, -0.15) is 0 Å². The van der Waals surface area contributed by atoms with Gasteiger partial charge >= 0.3 is 0 Å². The van der Waals surface area contributed by atoms with E-state index in [1.54, 1.807) is 26.2 Å². The Kier molecular flexibility index (Phi) is 5.35. The van der Waals surface area contributed by atoms with Gasteiger partial charge in [-0.25, -0.2) is 0 Å². The van der Waals surface area contributed by atoms with Gasteiger partial charge in [0.15, 0.2) is 5.76 Å². The molecule has 16 heavy (non-hydrogen) atoms. The van der Waals surface area contributed by atoms with Crippen molar-refractivity contribution in [2.24, 2.45) is 0 Å². The molecule has 0 aliphatic heterocycles. The van der Waals surface area contributed by atoms with Crippen LogP contribution in [0.3, 0.4) is 0 Å². The first kappa shape index (κ1) is 13.1. The third-order valence-electron chi connectivity index (χ3n) is 2.12. The molecular formula is C11H16ClNO3. The van der Waals surface area contributed by atoms with E-state index in [0.29, 0.717) is 30.4 Å². The minimum atomic E-state index is -0.236. The summed E-state index contributed by atoms with van der Waals surface area (Å²) < 4.78 is 10.2. The van der Waals surface area contributed by atoms with Gasteiger partial charge in [0, 0.05) is 13.0 Å². The number of carbonyl (C=O) groups excluding carboxylic acids is 1. The molecule has 0 radical (unpaired) electrons. The summed E-state index contributed by atoms with van der Waals surface area (Å²) in [5, 5.41) is 2.81. The Balaban J connectivity index is 2.54. The Morgan fingerprint density at radius 3 is 2.88 bits per heavy atom. The lowest BCUT2D eigenvalue weighted by atomic mass is 10.2. The lowest BCUT2D eigenvalue weighted by Gasteiger charge is -2.15. The van der Waals surface area contributed by atoms with Gasteiger partial charge in [0.25, 0.3) is 5.91 Å². The van der Waals surface area contributed by atoms with Crippen molar-refractivity contribution in [3.05, 3.63) is 23.7 Å². The van der Waals surface area contributed by atoms with Crippen LogP contribution >= 0.6 is 11.6 Å². The Bertz CT molecular complexity index is 332. The lowest BCUT2D eigenvalue weighted by Crippen LogP contribution is -2.38. The van der Waals surface area contributed by atoms with E-state index < -0.39 is 0 Å². The third-order valence-corrected chi connectivity index (χ3v) is 2.34. The van der Waals surface area contributed by atoms with Crippen LogP contribution in [0.2, 0.25) is 0 Å². The van der Waals surface area contributed by atoms with E-state index in [2.05, 4.69) is 5.32 Å². The fourth-order valence-corrected chi connectivity index (χ4v) is 1.61. The molecule has 1 atom stereocenters. The minimum Gasteiger partial charge on any atom is -0.456 e. The number of rotatable bonds is 6. The third kappa shape index (κ3) is 3.87. The summed E-state index contributed by atoms with van der Waals surface area (Å²) in [5.41, 5.74) is 0. The van der Waals surface area contributed by atoms with Crippen LogP contribution in [-0.4, -0.2) is 31.5 Å². The Labute approximate surface area is 99.9 Å². The zero-order valence-electron chi connectivity index (χ0n) is 9.46. The molecule has 0 spiro atoms. The van der Waals surface area contributed by atoms with Crippen molar-refractivity contribution in [2.45, 2.75) is 19.4 Å². The summed E-state index contributed by atoms with van der Waals surface area (Å²) >= 11 is 5.64. The zero-order valence-corrected chi connectivity index (χ0v) is 10.2. The van der Waals surface area contributed by atoms with Crippen molar-refractivity contribution in [3.63, 3.8) is 0 Å². The average Bonchev–Trinajstić information content (AvgIpc) is 2.65. The maximum atomic E-state index is 11.7. The van der Waals surface area contributed by atoms with Gasteiger partial charge in [0.1, 0.15) is 5.76 Å². The summed E-state index contributed by atoms with van der Waals surface area (Å²) in [6, 6.07) is 3.32. The van der Waals surface area contributed by atoms with Crippen LogP contribution in [0.1, 0.15) is 22.7 Å². The maximum Gasteiger partial charge on any atom is 0.287 e. The first-order valence-corrected chi connectivity index (χ1v) is 5.63. The average molecular weight is 246 g/mol. The molecule has 1 unspecified atom stereocenters. The van der Waals surface area contributed by atoms with Crippen molar-refractivity contribution in [1.82, 2.24) is 5.32 Å². The fraction of sp³-hybridized carbons (Fsp3) is 0.545. The highest BCUT2D eigenvalue weighted by Crippen LogP contribution is 2.07. The molecule has 90 valence electrons. The van der Waals surface area contributed by atoms with E-state index in [1.165, 1.54) is 0 Å². The van der Waals surface area contributed by atoms with Gasteiger partial charge in [-0.3, -0.25) is 4.79 Å².